The van der Waals surface area contributed by atoms with Crippen molar-refractivity contribution in [2.24, 2.45) is 0 Å². The summed E-state index contributed by atoms with van der Waals surface area (Å²) in [6.45, 7) is 23.2. The maximum absolute atomic E-state index is 12.9. The third-order valence-corrected chi connectivity index (χ3v) is 10.5. The SMILES string of the molecule is CCCOc1c2cc(C(=O)O)cc1Cc1cc(C(C)(C)C)cc(c1OCCC)Cc1cc(C(=O)O)cc(c1OCCC)Cc1cc(C(C)(C)C)cc(c1OCCC)C2. The smallest absolute Gasteiger partial charge is 0.335 e. The van der Waals surface area contributed by atoms with Crippen LogP contribution in [0.1, 0.15) is 171 Å². The van der Waals surface area contributed by atoms with Gasteiger partial charge in [-0.3, -0.25) is 0 Å². The van der Waals surface area contributed by atoms with Gasteiger partial charge in [0.2, 0.25) is 0 Å². The first-order chi connectivity index (χ1) is 27.5. The molecule has 0 fully saturated rings. The van der Waals surface area contributed by atoms with Crippen molar-refractivity contribution in [1.82, 2.24) is 0 Å². The number of carboxylic acids is 2. The molecular weight excluding hydrogens is 729 g/mol. The van der Waals surface area contributed by atoms with Gasteiger partial charge in [0.15, 0.2) is 0 Å². The van der Waals surface area contributed by atoms with Crippen LogP contribution in [0.25, 0.3) is 0 Å². The van der Waals surface area contributed by atoms with Crippen LogP contribution < -0.4 is 18.9 Å². The highest BCUT2D eigenvalue weighted by molar-refractivity contribution is 5.89. The molecule has 312 valence electrons. The second-order valence-electron chi connectivity index (χ2n) is 17.7. The van der Waals surface area contributed by atoms with Crippen LogP contribution in [0, 0.1) is 0 Å². The molecule has 0 saturated heterocycles. The van der Waals surface area contributed by atoms with E-state index in [1.165, 1.54) is 0 Å². The normalized spacial score (nSPS) is 12.9. The Hall–Kier alpha value is -4.98. The lowest BCUT2D eigenvalue weighted by Gasteiger charge is -2.27. The first kappa shape index (κ1) is 44.1. The van der Waals surface area contributed by atoms with E-state index in [9.17, 15) is 19.8 Å². The number of aromatic carboxylic acids is 2. The quantitative estimate of drug-likeness (QED) is 0.114. The van der Waals surface area contributed by atoms with Crippen LogP contribution in [0.5, 0.6) is 23.0 Å². The number of hydrogen-bond donors (Lipinski definition) is 2. The molecule has 8 nitrogen and oxygen atoms in total. The third kappa shape index (κ3) is 10.4. The number of carboxylic acid groups (broad SMARTS) is 2. The lowest BCUT2D eigenvalue weighted by molar-refractivity contribution is 0.0685. The Morgan fingerprint density at radius 1 is 0.431 bits per heavy atom. The molecule has 1 aliphatic rings. The van der Waals surface area contributed by atoms with Crippen molar-refractivity contribution in [3.05, 3.63) is 115 Å². The van der Waals surface area contributed by atoms with Gasteiger partial charge in [0, 0.05) is 25.7 Å². The van der Waals surface area contributed by atoms with E-state index < -0.39 is 11.9 Å². The second-order valence-corrected chi connectivity index (χ2v) is 17.7. The molecule has 0 saturated carbocycles. The molecular formula is C50H64O8. The average Bonchev–Trinajstić information content (AvgIpc) is 3.15. The number of benzene rings is 4. The molecule has 5 rings (SSSR count). The molecule has 4 aromatic carbocycles. The number of rotatable bonds is 14. The summed E-state index contributed by atoms with van der Waals surface area (Å²) in [5.41, 5.74) is 8.74. The lowest BCUT2D eigenvalue weighted by Crippen LogP contribution is -2.16. The number of hydrogen-bond acceptors (Lipinski definition) is 6. The van der Waals surface area contributed by atoms with Crippen LogP contribution in [0.4, 0.5) is 0 Å². The number of carbonyl (C=O) groups is 2. The molecule has 58 heavy (non-hydrogen) atoms. The Kier molecular flexibility index (Phi) is 14.3. The van der Waals surface area contributed by atoms with Crippen molar-refractivity contribution in [2.45, 2.75) is 131 Å². The van der Waals surface area contributed by atoms with Crippen molar-refractivity contribution in [1.29, 1.82) is 0 Å². The van der Waals surface area contributed by atoms with E-state index in [1.807, 2.05) is 0 Å². The maximum atomic E-state index is 12.9. The van der Waals surface area contributed by atoms with Crippen molar-refractivity contribution in [3.8, 4) is 23.0 Å². The maximum Gasteiger partial charge on any atom is 0.335 e. The summed E-state index contributed by atoms with van der Waals surface area (Å²) in [5, 5.41) is 21.1. The second kappa shape index (κ2) is 18.7. The van der Waals surface area contributed by atoms with Crippen LogP contribution in [0.15, 0.2) is 48.5 Å². The van der Waals surface area contributed by atoms with E-state index in [1.54, 1.807) is 24.3 Å². The van der Waals surface area contributed by atoms with E-state index in [2.05, 4.69) is 93.5 Å². The Balaban J connectivity index is 1.99. The highest BCUT2D eigenvalue weighted by atomic mass is 16.5. The van der Waals surface area contributed by atoms with Gasteiger partial charge in [0.05, 0.1) is 37.6 Å². The van der Waals surface area contributed by atoms with E-state index >= 15 is 0 Å². The van der Waals surface area contributed by atoms with E-state index in [4.69, 9.17) is 18.9 Å². The molecule has 8 bridgehead atoms. The van der Waals surface area contributed by atoms with Crippen LogP contribution in [-0.2, 0) is 36.5 Å². The molecule has 0 atom stereocenters. The van der Waals surface area contributed by atoms with Crippen LogP contribution in [0.2, 0.25) is 0 Å². The van der Waals surface area contributed by atoms with E-state index in [-0.39, 0.29) is 22.0 Å². The number of fused-ring (bicyclic) bond motifs is 8. The molecule has 0 radical (unpaired) electrons. The van der Waals surface area contributed by atoms with Crippen LogP contribution in [0.3, 0.4) is 0 Å². The standard InChI is InChI=1S/C50H64O8/c1-11-15-55-43-31-19-35-27-41(49(5,6)7)29-37(45(35)57-17-13-3)21-33-25-40(48(53)54)26-34(44(33)56-16-12-2)22-38-30-42(50(8,9)10)28-36(46(38)58-18-14-4)20-32(43)24-39(23-31)47(51)52/h23-30H,11-22H2,1-10H3,(H,51,52)(H,53,54). The fourth-order valence-electron chi connectivity index (χ4n) is 7.56. The number of ether oxygens (including phenoxy) is 4. The van der Waals surface area contributed by atoms with Gasteiger partial charge in [-0.2, -0.15) is 0 Å². The molecule has 0 heterocycles. The highest BCUT2D eigenvalue weighted by Gasteiger charge is 2.28. The van der Waals surface area contributed by atoms with E-state index in [0.29, 0.717) is 75.1 Å². The topological polar surface area (TPSA) is 112 Å². The Morgan fingerprint density at radius 2 is 0.638 bits per heavy atom. The van der Waals surface area contributed by atoms with Crippen molar-refractivity contribution in [3.63, 3.8) is 0 Å². The fourth-order valence-corrected chi connectivity index (χ4v) is 7.56. The first-order valence-corrected chi connectivity index (χ1v) is 21.1. The van der Waals surface area contributed by atoms with Gasteiger partial charge in [-0.1, -0.05) is 93.5 Å². The predicted molar refractivity (Wildman–Crippen MR) is 231 cm³/mol. The molecule has 0 unspecified atom stereocenters. The molecule has 8 heteroatoms. The predicted octanol–water partition coefficient (Wildman–Crippen LogP) is 11.5. The van der Waals surface area contributed by atoms with Gasteiger partial charge in [0.1, 0.15) is 23.0 Å². The van der Waals surface area contributed by atoms with Gasteiger partial charge in [0.25, 0.3) is 0 Å². The summed E-state index contributed by atoms with van der Waals surface area (Å²) in [7, 11) is 0. The summed E-state index contributed by atoms with van der Waals surface area (Å²) in [5.74, 6) is 0.765. The minimum atomic E-state index is -1.01. The average molecular weight is 793 g/mol. The zero-order valence-corrected chi connectivity index (χ0v) is 36.4. The first-order valence-electron chi connectivity index (χ1n) is 21.1. The minimum Gasteiger partial charge on any atom is -0.493 e. The van der Waals surface area contributed by atoms with Crippen LogP contribution in [-0.4, -0.2) is 48.6 Å². The van der Waals surface area contributed by atoms with Crippen molar-refractivity contribution in [2.75, 3.05) is 26.4 Å². The van der Waals surface area contributed by atoms with Gasteiger partial charge in [-0.15, -0.1) is 0 Å². The van der Waals surface area contributed by atoms with Gasteiger partial charge >= 0.3 is 11.9 Å². The summed E-state index contributed by atoms with van der Waals surface area (Å²) in [4.78, 5) is 25.8. The van der Waals surface area contributed by atoms with E-state index in [0.717, 1.165) is 81.3 Å². The zero-order valence-electron chi connectivity index (χ0n) is 36.4. The summed E-state index contributed by atoms with van der Waals surface area (Å²) in [6.07, 6.45) is 4.55. The van der Waals surface area contributed by atoms with Gasteiger partial charge in [-0.25, -0.2) is 9.59 Å². The molecule has 4 aromatic rings. The molecule has 0 aliphatic heterocycles. The Bertz CT molecular complexity index is 1870. The molecule has 0 aromatic heterocycles. The highest BCUT2D eigenvalue weighted by Crippen LogP contribution is 2.43. The lowest BCUT2D eigenvalue weighted by atomic mass is 9.81. The molecule has 0 spiro atoms. The molecule has 1 aliphatic carbocycles. The Labute approximate surface area is 345 Å². The van der Waals surface area contributed by atoms with Gasteiger partial charge < -0.3 is 29.2 Å². The monoisotopic (exact) mass is 792 g/mol. The fraction of sp³-hybridized carbons (Fsp3) is 0.480. The van der Waals surface area contributed by atoms with Gasteiger partial charge in [-0.05, 0) is 116 Å². The minimum absolute atomic E-state index is 0.190. The largest absolute Gasteiger partial charge is 0.493 e. The molecule has 2 N–H and O–H groups in total. The summed E-state index contributed by atoms with van der Waals surface area (Å²) >= 11 is 0. The summed E-state index contributed by atoms with van der Waals surface area (Å²) < 4.78 is 26.7. The van der Waals surface area contributed by atoms with Crippen molar-refractivity contribution >= 4 is 11.9 Å². The third-order valence-electron chi connectivity index (χ3n) is 10.5. The Morgan fingerprint density at radius 3 is 0.810 bits per heavy atom. The zero-order chi connectivity index (χ0) is 42.4. The van der Waals surface area contributed by atoms with Crippen LogP contribution >= 0.6 is 0 Å². The van der Waals surface area contributed by atoms with Crippen molar-refractivity contribution < 1.29 is 38.7 Å². The molecule has 0 amide bonds. The summed E-state index contributed by atoms with van der Waals surface area (Å²) in [6, 6.07) is 15.7.